The van der Waals surface area contributed by atoms with Crippen LogP contribution in [0.4, 0.5) is 22.0 Å². The fraction of sp³-hybridized carbons (Fsp3) is 0.294. The van der Waals surface area contributed by atoms with Crippen LogP contribution < -0.4 is 21.3 Å². The molecule has 1 aliphatic heterocycles. The number of carbonyl (C=O) groups excluding carboxylic acids is 1. The second kappa shape index (κ2) is 13.7. The number of alkyl halides is 3. The number of hydrogen-bond acceptors (Lipinski definition) is 5. The van der Waals surface area contributed by atoms with Crippen LogP contribution in [-0.2, 0) is 17.4 Å². The third kappa shape index (κ3) is 6.54. The smallest absolute Gasteiger partial charge is 0.416 e. The van der Waals surface area contributed by atoms with E-state index in [4.69, 9.17) is 10.5 Å². The summed E-state index contributed by atoms with van der Waals surface area (Å²) in [6, 6.07) is 15.4. The lowest BCUT2D eigenvalue weighted by atomic mass is 9.91. The number of fused-ring (bicyclic) bond motifs is 1. The lowest BCUT2D eigenvalue weighted by Gasteiger charge is -2.28. The number of nitrogens with two attached hydrogens (primary N) is 1. The summed E-state index contributed by atoms with van der Waals surface area (Å²) in [6.07, 6.45) is -4.72. The van der Waals surface area contributed by atoms with Crippen LogP contribution in [0.2, 0.25) is 0 Å². The van der Waals surface area contributed by atoms with Crippen molar-refractivity contribution in [3.63, 3.8) is 0 Å². The first-order valence-corrected chi connectivity index (χ1v) is 15.6. The zero-order valence-electron chi connectivity index (χ0n) is 25.1. The quantitative estimate of drug-likeness (QED) is 0.135. The zero-order chi connectivity index (χ0) is 33.2. The molecule has 2 unspecified atom stereocenters. The lowest BCUT2D eigenvalue weighted by Crippen LogP contribution is -2.36. The Morgan fingerprint density at radius 1 is 1.07 bits per heavy atom. The van der Waals surface area contributed by atoms with Crippen molar-refractivity contribution in [2.24, 2.45) is 5.73 Å². The van der Waals surface area contributed by atoms with Crippen LogP contribution in [-0.4, -0.2) is 29.9 Å². The Hall–Kier alpha value is -4.16. The molecule has 1 aliphatic rings. The van der Waals surface area contributed by atoms with Gasteiger partial charge in [0.15, 0.2) is 11.6 Å². The van der Waals surface area contributed by atoms with Crippen LogP contribution in [0.1, 0.15) is 52.7 Å². The van der Waals surface area contributed by atoms with Crippen molar-refractivity contribution in [3.8, 4) is 16.9 Å². The predicted molar refractivity (Wildman–Crippen MR) is 167 cm³/mol. The van der Waals surface area contributed by atoms with Crippen LogP contribution in [0.25, 0.3) is 11.1 Å². The highest BCUT2D eigenvalue weighted by Gasteiger charge is 2.38. The topological polar surface area (TPSA) is 86.3 Å². The average Bonchev–Trinajstić information content (AvgIpc) is 3.45. The number of amides is 1. The minimum Gasteiger partial charge on any atom is -0.494 e. The summed E-state index contributed by atoms with van der Waals surface area (Å²) in [5.74, 6) is -2.05. The SMILES string of the molecule is COc1cccc(-c2c(C)c(Cc3c(F)cccc3C(F)(F)F)c3n(c2=O)C(C(NCCCC(N)=O)c2ccccc2)CS3)c1F. The molecule has 242 valence electrons. The van der Waals surface area contributed by atoms with Gasteiger partial charge in [-0.15, -0.1) is 11.8 Å². The first kappa shape index (κ1) is 33.2. The Kier molecular flexibility index (Phi) is 9.88. The predicted octanol–water partition coefficient (Wildman–Crippen LogP) is 6.96. The molecule has 0 radical (unpaired) electrons. The van der Waals surface area contributed by atoms with Crippen LogP contribution in [0.15, 0.2) is 76.6 Å². The Labute approximate surface area is 266 Å². The third-order valence-electron chi connectivity index (χ3n) is 8.20. The van der Waals surface area contributed by atoms with Gasteiger partial charge in [-0.05, 0) is 54.8 Å². The Morgan fingerprint density at radius 3 is 2.46 bits per heavy atom. The number of halogens is 5. The number of hydrogen-bond donors (Lipinski definition) is 2. The van der Waals surface area contributed by atoms with Gasteiger partial charge >= 0.3 is 6.18 Å². The first-order chi connectivity index (χ1) is 21.9. The first-order valence-electron chi connectivity index (χ1n) is 14.6. The average molecular weight is 658 g/mol. The molecule has 0 fully saturated rings. The second-order valence-corrected chi connectivity index (χ2v) is 12.0. The van der Waals surface area contributed by atoms with Crippen LogP contribution in [0.3, 0.4) is 0 Å². The molecule has 0 saturated carbocycles. The number of rotatable bonds is 11. The number of pyridine rings is 1. The molecule has 1 amide bonds. The molecule has 1 aromatic heterocycles. The molecule has 0 bridgehead atoms. The maximum atomic E-state index is 15.8. The highest BCUT2D eigenvalue weighted by molar-refractivity contribution is 7.99. The number of ether oxygens (including phenoxy) is 1. The number of carbonyl (C=O) groups is 1. The maximum Gasteiger partial charge on any atom is 0.416 e. The number of primary amides is 1. The molecule has 0 aliphatic carbocycles. The van der Waals surface area contributed by atoms with E-state index in [-0.39, 0.29) is 28.9 Å². The molecule has 6 nitrogen and oxygen atoms in total. The van der Waals surface area contributed by atoms with Gasteiger partial charge in [-0.1, -0.05) is 48.5 Å². The van der Waals surface area contributed by atoms with Crippen molar-refractivity contribution in [2.45, 2.75) is 49.5 Å². The van der Waals surface area contributed by atoms with Crippen molar-refractivity contribution >= 4 is 17.7 Å². The molecule has 3 aromatic carbocycles. The lowest BCUT2D eigenvalue weighted by molar-refractivity contribution is -0.138. The van der Waals surface area contributed by atoms with E-state index in [1.807, 2.05) is 30.3 Å². The Bertz CT molecular complexity index is 1810. The van der Waals surface area contributed by atoms with Gasteiger partial charge < -0.3 is 15.8 Å². The number of benzene rings is 3. The van der Waals surface area contributed by atoms with E-state index in [1.54, 1.807) is 6.92 Å². The van der Waals surface area contributed by atoms with Crippen LogP contribution >= 0.6 is 11.8 Å². The number of aromatic nitrogens is 1. The van der Waals surface area contributed by atoms with Gasteiger partial charge in [-0.3, -0.25) is 14.2 Å². The van der Waals surface area contributed by atoms with E-state index < -0.39 is 58.9 Å². The van der Waals surface area contributed by atoms with Crippen molar-refractivity contribution in [2.75, 3.05) is 19.4 Å². The van der Waals surface area contributed by atoms with Gasteiger partial charge in [-0.2, -0.15) is 13.2 Å². The molecule has 46 heavy (non-hydrogen) atoms. The van der Waals surface area contributed by atoms with Crippen LogP contribution in [0.5, 0.6) is 5.75 Å². The fourth-order valence-corrected chi connectivity index (χ4v) is 7.42. The van der Waals surface area contributed by atoms with Crippen molar-refractivity contribution in [3.05, 3.63) is 117 Å². The van der Waals surface area contributed by atoms with Crippen molar-refractivity contribution in [1.29, 1.82) is 0 Å². The highest BCUT2D eigenvalue weighted by atomic mass is 32.2. The third-order valence-corrected chi connectivity index (χ3v) is 9.42. The second-order valence-electron chi connectivity index (χ2n) is 11.0. The van der Waals surface area contributed by atoms with Gasteiger partial charge in [0.1, 0.15) is 5.82 Å². The summed E-state index contributed by atoms with van der Waals surface area (Å²) in [5, 5.41) is 3.81. The molecule has 4 aromatic rings. The molecule has 2 atom stereocenters. The van der Waals surface area contributed by atoms with Gasteiger partial charge in [0.05, 0.1) is 35.3 Å². The molecule has 0 spiro atoms. The summed E-state index contributed by atoms with van der Waals surface area (Å²) in [4.78, 5) is 25.9. The Morgan fingerprint density at radius 2 is 1.78 bits per heavy atom. The van der Waals surface area contributed by atoms with Gasteiger partial charge in [0, 0.05) is 29.7 Å². The van der Waals surface area contributed by atoms with E-state index in [9.17, 15) is 22.8 Å². The zero-order valence-corrected chi connectivity index (χ0v) is 25.9. The van der Waals surface area contributed by atoms with E-state index in [0.29, 0.717) is 29.3 Å². The van der Waals surface area contributed by atoms with Crippen molar-refractivity contribution in [1.82, 2.24) is 9.88 Å². The van der Waals surface area contributed by atoms with Crippen molar-refractivity contribution < 1.29 is 31.5 Å². The molecular formula is C34H32F5N3O3S. The van der Waals surface area contributed by atoms with Gasteiger partial charge in [0.25, 0.3) is 5.56 Å². The van der Waals surface area contributed by atoms with Gasteiger partial charge in [0.2, 0.25) is 5.91 Å². The number of nitrogens with zero attached hydrogens (tertiary/aromatic N) is 1. The van der Waals surface area contributed by atoms with E-state index >= 15 is 8.78 Å². The largest absolute Gasteiger partial charge is 0.494 e. The summed E-state index contributed by atoms with van der Waals surface area (Å²) in [5.41, 5.74) is 4.34. The summed E-state index contributed by atoms with van der Waals surface area (Å²) in [6.45, 7) is 1.93. The molecule has 0 saturated heterocycles. The molecule has 2 heterocycles. The van der Waals surface area contributed by atoms with E-state index in [0.717, 1.165) is 23.8 Å². The standard InChI is InChI=1S/C34H32F5N3O3S/c1-19-22(17-23-24(34(37,38)39)12-7-13-25(23)35)33-42(32(44)29(19)21-11-6-14-27(45-2)30(21)36)26(18-46-33)31(20-9-4-3-5-10-20)41-16-8-15-28(40)43/h3-7,9-14,26,31,41H,8,15-18H2,1-2H3,(H2,40,43). The molecule has 5 rings (SSSR count). The molecular weight excluding hydrogens is 625 g/mol. The fourth-order valence-electron chi connectivity index (χ4n) is 6.00. The number of thioether (sulfide) groups is 1. The molecule has 12 heteroatoms. The Balaban J connectivity index is 1.74. The number of methoxy groups -OCH3 is 1. The monoisotopic (exact) mass is 657 g/mol. The van der Waals surface area contributed by atoms with E-state index in [2.05, 4.69) is 5.32 Å². The van der Waals surface area contributed by atoms with E-state index in [1.165, 1.54) is 41.6 Å². The summed E-state index contributed by atoms with van der Waals surface area (Å²) >= 11 is 1.28. The molecule has 3 N–H and O–H groups in total. The summed E-state index contributed by atoms with van der Waals surface area (Å²) < 4.78 is 79.8. The minimum atomic E-state index is -4.83. The van der Waals surface area contributed by atoms with Crippen LogP contribution in [0, 0.1) is 18.6 Å². The highest BCUT2D eigenvalue weighted by Crippen LogP contribution is 2.45. The maximum absolute atomic E-state index is 15.8. The van der Waals surface area contributed by atoms with Gasteiger partial charge in [-0.25, -0.2) is 8.78 Å². The summed E-state index contributed by atoms with van der Waals surface area (Å²) in [7, 11) is 1.29. The minimum absolute atomic E-state index is 0.0481. The normalized spacial score (nSPS) is 15.1. The number of nitrogens with one attached hydrogen (secondary N) is 1.